The molecule has 0 spiro atoms. The molecular weight excluding hydrogens is 232 g/mol. The molecule has 2 heterocycles. The lowest BCUT2D eigenvalue weighted by Crippen LogP contribution is -2.53. The van der Waals surface area contributed by atoms with Crippen LogP contribution in [0.5, 0.6) is 0 Å². The lowest BCUT2D eigenvalue weighted by Gasteiger charge is -2.38. The number of aliphatic hydroxyl groups is 1. The Bertz CT molecular complexity index is 313. The third-order valence-corrected chi connectivity index (χ3v) is 4.52. The van der Waals surface area contributed by atoms with E-state index >= 15 is 0 Å². The zero-order chi connectivity index (χ0) is 13.3. The van der Waals surface area contributed by atoms with Gasteiger partial charge in [-0.25, -0.2) is 0 Å². The molecule has 0 bridgehead atoms. The van der Waals surface area contributed by atoms with Crippen LogP contribution in [0.1, 0.15) is 26.7 Å². The summed E-state index contributed by atoms with van der Waals surface area (Å²) in [5.41, 5.74) is 5.41. The molecule has 2 saturated heterocycles. The van der Waals surface area contributed by atoms with Crippen LogP contribution in [0.25, 0.3) is 0 Å². The first-order valence-corrected chi connectivity index (χ1v) is 6.76. The van der Waals surface area contributed by atoms with Crippen LogP contribution in [0.2, 0.25) is 0 Å². The number of nitrogens with two attached hydrogens (primary N) is 1. The average molecular weight is 256 g/mol. The highest BCUT2D eigenvalue weighted by Crippen LogP contribution is 2.31. The number of ether oxygens (including phenoxy) is 1. The van der Waals surface area contributed by atoms with Gasteiger partial charge in [0, 0.05) is 19.1 Å². The fourth-order valence-corrected chi connectivity index (χ4v) is 2.86. The molecule has 3 N–H and O–H groups in total. The first-order valence-electron chi connectivity index (χ1n) is 6.76. The van der Waals surface area contributed by atoms with E-state index in [0.717, 1.165) is 25.9 Å². The molecule has 0 saturated carbocycles. The molecule has 18 heavy (non-hydrogen) atoms. The van der Waals surface area contributed by atoms with E-state index in [2.05, 4.69) is 0 Å². The zero-order valence-electron chi connectivity index (χ0n) is 11.3. The predicted octanol–water partition coefficient (Wildman–Crippen LogP) is -0.0304. The van der Waals surface area contributed by atoms with E-state index in [0.29, 0.717) is 19.1 Å². The fraction of sp³-hybridized carbons (Fsp3) is 0.923. The fourth-order valence-electron chi connectivity index (χ4n) is 2.86. The molecule has 2 aliphatic rings. The van der Waals surface area contributed by atoms with Crippen LogP contribution in [0.4, 0.5) is 0 Å². The van der Waals surface area contributed by atoms with E-state index in [1.165, 1.54) is 0 Å². The molecule has 5 heteroatoms. The van der Waals surface area contributed by atoms with Gasteiger partial charge in [-0.1, -0.05) is 0 Å². The lowest BCUT2D eigenvalue weighted by atomic mass is 9.83. The minimum absolute atomic E-state index is 0.108. The van der Waals surface area contributed by atoms with Crippen molar-refractivity contribution in [2.75, 3.05) is 26.3 Å². The largest absolute Gasteiger partial charge is 0.393 e. The van der Waals surface area contributed by atoms with Crippen molar-refractivity contribution in [3.8, 4) is 0 Å². The predicted molar refractivity (Wildman–Crippen MR) is 67.9 cm³/mol. The smallest absolute Gasteiger partial charge is 0.232 e. The highest BCUT2D eigenvalue weighted by atomic mass is 16.5. The van der Waals surface area contributed by atoms with Crippen molar-refractivity contribution < 1.29 is 14.6 Å². The molecule has 1 amide bonds. The molecule has 2 aliphatic heterocycles. The third-order valence-electron chi connectivity index (χ3n) is 4.52. The van der Waals surface area contributed by atoms with Crippen LogP contribution < -0.4 is 5.73 Å². The van der Waals surface area contributed by atoms with Gasteiger partial charge in [-0.2, -0.15) is 0 Å². The standard InChI is InChI=1S/C13H24N2O3/c1-9(16)10-3-5-15(6-4-10)12(17)13(2)8-18-7-11(13)14/h9-11,16H,3-8,14H2,1-2H3. The maximum absolute atomic E-state index is 12.5. The summed E-state index contributed by atoms with van der Waals surface area (Å²) in [4.78, 5) is 14.4. The Balaban J connectivity index is 1.95. The monoisotopic (exact) mass is 256 g/mol. The summed E-state index contributed by atoms with van der Waals surface area (Å²) in [5, 5.41) is 9.56. The van der Waals surface area contributed by atoms with Gasteiger partial charge in [-0.05, 0) is 32.6 Å². The molecule has 5 nitrogen and oxygen atoms in total. The molecule has 104 valence electrons. The van der Waals surface area contributed by atoms with Crippen molar-refractivity contribution in [1.29, 1.82) is 0 Å². The number of rotatable bonds is 2. The Hall–Kier alpha value is -0.650. The Morgan fingerprint density at radius 1 is 1.50 bits per heavy atom. The Kier molecular flexibility index (Phi) is 3.94. The second-order valence-corrected chi connectivity index (χ2v) is 5.91. The van der Waals surface area contributed by atoms with Gasteiger partial charge in [0.05, 0.1) is 24.7 Å². The number of amides is 1. The van der Waals surface area contributed by atoms with E-state index in [1.807, 2.05) is 18.7 Å². The average Bonchev–Trinajstić information content (AvgIpc) is 2.70. The number of carbonyl (C=O) groups is 1. The van der Waals surface area contributed by atoms with Crippen molar-refractivity contribution >= 4 is 5.91 Å². The molecule has 2 rings (SSSR count). The number of hydrogen-bond donors (Lipinski definition) is 2. The molecule has 3 unspecified atom stereocenters. The van der Waals surface area contributed by atoms with Gasteiger partial charge in [-0.3, -0.25) is 4.79 Å². The Morgan fingerprint density at radius 3 is 2.56 bits per heavy atom. The molecular formula is C13H24N2O3. The first kappa shape index (κ1) is 13.8. The number of hydrogen-bond acceptors (Lipinski definition) is 4. The number of piperidine rings is 1. The maximum Gasteiger partial charge on any atom is 0.232 e. The van der Waals surface area contributed by atoms with Crippen molar-refractivity contribution in [2.24, 2.45) is 17.1 Å². The van der Waals surface area contributed by atoms with E-state index in [9.17, 15) is 9.90 Å². The number of likely N-dealkylation sites (tertiary alicyclic amines) is 1. The summed E-state index contributed by atoms with van der Waals surface area (Å²) in [6.45, 7) is 6.04. The summed E-state index contributed by atoms with van der Waals surface area (Å²) >= 11 is 0. The van der Waals surface area contributed by atoms with Crippen molar-refractivity contribution in [1.82, 2.24) is 4.90 Å². The van der Waals surface area contributed by atoms with Crippen LogP contribution in [0.3, 0.4) is 0 Å². The van der Waals surface area contributed by atoms with Crippen LogP contribution >= 0.6 is 0 Å². The lowest BCUT2D eigenvalue weighted by molar-refractivity contribution is -0.143. The van der Waals surface area contributed by atoms with E-state index in [1.54, 1.807) is 0 Å². The Morgan fingerprint density at radius 2 is 2.11 bits per heavy atom. The van der Waals surface area contributed by atoms with Crippen LogP contribution in [-0.2, 0) is 9.53 Å². The third kappa shape index (κ3) is 2.39. The van der Waals surface area contributed by atoms with Gasteiger partial charge < -0.3 is 20.5 Å². The normalized spacial score (nSPS) is 35.8. The molecule has 0 aromatic rings. The van der Waals surface area contributed by atoms with Crippen molar-refractivity contribution in [3.63, 3.8) is 0 Å². The van der Waals surface area contributed by atoms with E-state index < -0.39 is 5.41 Å². The van der Waals surface area contributed by atoms with E-state index in [-0.39, 0.29) is 18.1 Å². The highest BCUT2D eigenvalue weighted by molar-refractivity contribution is 5.83. The van der Waals surface area contributed by atoms with E-state index in [4.69, 9.17) is 10.5 Å². The maximum atomic E-state index is 12.5. The molecule has 0 aromatic carbocycles. The molecule has 2 fully saturated rings. The van der Waals surface area contributed by atoms with Crippen molar-refractivity contribution in [3.05, 3.63) is 0 Å². The van der Waals surface area contributed by atoms with Crippen LogP contribution in [0.15, 0.2) is 0 Å². The Labute approximate surface area is 108 Å². The zero-order valence-corrected chi connectivity index (χ0v) is 11.3. The molecule has 0 aliphatic carbocycles. The number of carbonyl (C=O) groups excluding carboxylic acids is 1. The summed E-state index contributed by atoms with van der Waals surface area (Å²) in [5.74, 6) is 0.423. The van der Waals surface area contributed by atoms with Crippen LogP contribution in [-0.4, -0.2) is 54.4 Å². The van der Waals surface area contributed by atoms with Gasteiger partial charge in [0.25, 0.3) is 0 Å². The van der Waals surface area contributed by atoms with Gasteiger partial charge in [0.2, 0.25) is 5.91 Å². The van der Waals surface area contributed by atoms with Gasteiger partial charge in [0.15, 0.2) is 0 Å². The topological polar surface area (TPSA) is 75.8 Å². The van der Waals surface area contributed by atoms with Gasteiger partial charge in [0.1, 0.15) is 0 Å². The molecule has 0 radical (unpaired) electrons. The summed E-state index contributed by atoms with van der Waals surface area (Å²) < 4.78 is 5.33. The van der Waals surface area contributed by atoms with Gasteiger partial charge >= 0.3 is 0 Å². The SMILES string of the molecule is CC(O)C1CCN(C(=O)C2(C)COCC2N)CC1. The summed E-state index contributed by atoms with van der Waals surface area (Å²) in [6, 6.07) is -0.209. The molecule has 3 atom stereocenters. The second-order valence-electron chi connectivity index (χ2n) is 5.91. The second kappa shape index (κ2) is 5.15. The summed E-state index contributed by atoms with van der Waals surface area (Å²) in [7, 11) is 0. The van der Waals surface area contributed by atoms with Crippen LogP contribution in [0, 0.1) is 11.3 Å². The number of aliphatic hydroxyl groups excluding tert-OH is 1. The van der Waals surface area contributed by atoms with Crippen molar-refractivity contribution in [2.45, 2.75) is 38.8 Å². The quantitative estimate of drug-likeness (QED) is 0.727. The van der Waals surface area contributed by atoms with Gasteiger partial charge in [-0.15, -0.1) is 0 Å². The first-order chi connectivity index (χ1) is 8.45. The number of nitrogens with zero attached hydrogens (tertiary/aromatic N) is 1. The minimum atomic E-state index is -0.572. The minimum Gasteiger partial charge on any atom is -0.393 e. The highest BCUT2D eigenvalue weighted by Gasteiger charge is 2.46. The molecule has 0 aromatic heterocycles. The summed E-state index contributed by atoms with van der Waals surface area (Å²) in [6.07, 6.45) is 1.46.